The Morgan fingerprint density at radius 2 is 1.44 bits per heavy atom. The van der Waals surface area contributed by atoms with Crippen LogP contribution in [0.25, 0.3) is 22.0 Å². The Balaban J connectivity index is 2.13. The van der Waals surface area contributed by atoms with E-state index in [1.54, 1.807) is 30.5 Å². The van der Waals surface area contributed by atoms with E-state index in [1.807, 2.05) is 24.3 Å². The molecule has 0 aliphatic carbocycles. The minimum Gasteiger partial charge on any atom is -0.508 e. The van der Waals surface area contributed by atoms with Gasteiger partial charge in [0, 0.05) is 23.2 Å². The van der Waals surface area contributed by atoms with E-state index in [1.165, 1.54) is 0 Å². The van der Waals surface area contributed by atoms with Crippen molar-refractivity contribution in [2.75, 3.05) is 0 Å². The third-order valence-corrected chi connectivity index (χ3v) is 2.87. The largest absolute Gasteiger partial charge is 0.508 e. The summed E-state index contributed by atoms with van der Waals surface area (Å²) in [6.45, 7) is 0. The summed E-state index contributed by atoms with van der Waals surface area (Å²) in [5.74, 6) is 0.463. The number of benzene rings is 2. The fourth-order valence-electron chi connectivity index (χ4n) is 1.92. The van der Waals surface area contributed by atoms with Gasteiger partial charge in [0.25, 0.3) is 0 Å². The molecule has 3 aromatic rings. The molecule has 2 N–H and O–H groups in total. The van der Waals surface area contributed by atoms with Gasteiger partial charge in [-0.25, -0.2) is 0 Å². The van der Waals surface area contributed by atoms with Gasteiger partial charge in [-0.3, -0.25) is 4.98 Å². The molecule has 0 amide bonds. The lowest BCUT2D eigenvalue weighted by molar-refractivity contribution is 0.475. The van der Waals surface area contributed by atoms with Crippen molar-refractivity contribution in [3.63, 3.8) is 0 Å². The molecule has 0 aliphatic heterocycles. The predicted molar refractivity (Wildman–Crippen MR) is 70.5 cm³/mol. The molecule has 3 nitrogen and oxygen atoms in total. The van der Waals surface area contributed by atoms with Crippen LogP contribution < -0.4 is 0 Å². The van der Waals surface area contributed by atoms with Crippen molar-refractivity contribution in [2.24, 2.45) is 0 Å². The number of aromatic nitrogens is 1. The molecule has 0 fully saturated rings. The lowest BCUT2D eigenvalue weighted by Gasteiger charge is -2.04. The Kier molecular flexibility index (Phi) is 2.38. The topological polar surface area (TPSA) is 53.4 Å². The van der Waals surface area contributed by atoms with Crippen molar-refractivity contribution >= 4 is 10.9 Å². The highest BCUT2D eigenvalue weighted by Gasteiger charge is 2.02. The molecule has 18 heavy (non-hydrogen) atoms. The summed E-state index contributed by atoms with van der Waals surface area (Å²) in [5.41, 5.74) is 2.74. The van der Waals surface area contributed by atoms with E-state index in [-0.39, 0.29) is 11.5 Å². The Labute approximate surface area is 104 Å². The van der Waals surface area contributed by atoms with Gasteiger partial charge in [-0.15, -0.1) is 0 Å². The maximum Gasteiger partial charge on any atom is 0.117 e. The fraction of sp³-hybridized carbons (Fsp3) is 0. The first kappa shape index (κ1) is 10.6. The Bertz CT molecular complexity index is 705. The second-order valence-corrected chi connectivity index (χ2v) is 4.15. The number of phenolic OH excluding ortho intramolecular Hbond substituents is 2. The van der Waals surface area contributed by atoms with Crippen molar-refractivity contribution in [1.29, 1.82) is 0 Å². The van der Waals surface area contributed by atoms with Gasteiger partial charge >= 0.3 is 0 Å². The molecule has 1 heterocycles. The minimum absolute atomic E-state index is 0.215. The molecule has 88 valence electrons. The number of rotatable bonds is 1. The first-order valence-electron chi connectivity index (χ1n) is 5.60. The van der Waals surface area contributed by atoms with Gasteiger partial charge in [-0.05, 0) is 35.9 Å². The van der Waals surface area contributed by atoms with Crippen LogP contribution in [0.5, 0.6) is 11.5 Å². The summed E-state index contributed by atoms with van der Waals surface area (Å²) >= 11 is 0. The fourth-order valence-corrected chi connectivity index (χ4v) is 1.92. The van der Waals surface area contributed by atoms with Crippen molar-refractivity contribution in [2.45, 2.75) is 0 Å². The van der Waals surface area contributed by atoms with E-state index in [4.69, 9.17) is 0 Å². The van der Waals surface area contributed by atoms with Crippen LogP contribution in [0.2, 0.25) is 0 Å². The van der Waals surface area contributed by atoms with Crippen LogP contribution in [0.3, 0.4) is 0 Å². The molecule has 0 radical (unpaired) electrons. The number of pyridine rings is 1. The molecule has 3 rings (SSSR count). The van der Waals surface area contributed by atoms with Crippen LogP contribution in [0.1, 0.15) is 0 Å². The van der Waals surface area contributed by atoms with Crippen LogP contribution in [0, 0.1) is 0 Å². The highest BCUT2D eigenvalue weighted by molar-refractivity contribution is 5.84. The zero-order valence-electron chi connectivity index (χ0n) is 9.54. The Hall–Kier alpha value is -2.55. The summed E-state index contributed by atoms with van der Waals surface area (Å²) < 4.78 is 0. The number of fused-ring (bicyclic) bond motifs is 1. The van der Waals surface area contributed by atoms with Gasteiger partial charge < -0.3 is 10.2 Å². The van der Waals surface area contributed by atoms with Gasteiger partial charge in [0.1, 0.15) is 11.5 Å². The quantitative estimate of drug-likeness (QED) is 0.682. The van der Waals surface area contributed by atoms with E-state index in [2.05, 4.69) is 4.98 Å². The van der Waals surface area contributed by atoms with Crippen LogP contribution in [0.4, 0.5) is 0 Å². The molecular formula is C15H11NO2. The zero-order valence-corrected chi connectivity index (χ0v) is 9.54. The molecule has 0 unspecified atom stereocenters. The van der Waals surface area contributed by atoms with E-state index < -0.39 is 0 Å². The summed E-state index contributed by atoms with van der Waals surface area (Å²) in [7, 11) is 0. The average molecular weight is 237 g/mol. The first-order chi connectivity index (χ1) is 8.72. The molecular weight excluding hydrogens is 226 g/mol. The molecule has 1 aromatic heterocycles. The molecule has 0 bridgehead atoms. The molecule has 0 aliphatic rings. The standard InChI is InChI=1S/C15H11NO2/c17-13-4-1-10(2-5-13)12-7-11-3-6-14(18)8-15(11)16-9-12/h1-9,17-18H. The smallest absolute Gasteiger partial charge is 0.117 e. The Morgan fingerprint density at radius 1 is 0.722 bits per heavy atom. The lowest BCUT2D eigenvalue weighted by atomic mass is 10.1. The molecule has 0 atom stereocenters. The van der Waals surface area contributed by atoms with Gasteiger partial charge in [0.2, 0.25) is 0 Å². The minimum atomic E-state index is 0.215. The highest BCUT2D eigenvalue weighted by atomic mass is 16.3. The summed E-state index contributed by atoms with van der Waals surface area (Å²) in [5, 5.41) is 19.6. The lowest BCUT2D eigenvalue weighted by Crippen LogP contribution is -1.82. The van der Waals surface area contributed by atoms with Gasteiger partial charge in [0.05, 0.1) is 5.52 Å². The van der Waals surface area contributed by atoms with Crippen molar-refractivity contribution < 1.29 is 10.2 Å². The van der Waals surface area contributed by atoms with Gasteiger partial charge in [0.15, 0.2) is 0 Å². The highest BCUT2D eigenvalue weighted by Crippen LogP contribution is 2.25. The number of phenols is 2. The summed E-state index contributed by atoms with van der Waals surface area (Å²) in [4.78, 5) is 4.32. The molecule has 0 saturated heterocycles. The predicted octanol–water partition coefficient (Wildman–Crippen LogP) is 3.31. The number of hydrogen-bond donors (Lipinski definition) is 2. The number of hydrogen-bond acceptors (Lipinski definition) is 3. The van der Waals surface area contributed by atoms with E-state index >= 15 is 0 Å². The van der Waals surface area contributed by atoms with Crippen molar-refractivity contribution in [3.05, 3.63) is 54.7 Å². The second kappa shape index (κ2) is 4.04. The van der Waals surface area contributed by atoms with Crippen LogP contribution in [-0.4, -0.2) is 15.2 Å². The van der Waals surface area contributed by atoms with Crippen LogP contribution in [-0.2, 0) is 0 Å². The van der Waals surface area contributed by atoms with E-state index in [0.717, 1.165) is 22.0 Å². The van der Waals surface area contributed by atoms with E-state index in [9.17, 15) is 10.2 Å². The zero-order chi connectivity index (χ0) is 12.5. The molecule has 0 spiro atoms. The normalized spacial score (nSPS) is 10.7. The number of aromatic hydroxyl groups is 2. The van der Waals surface area contributed by atoms with Gasteiger partial charge in [-0.1, -0.05) is 12.1 Å². The third kappa shape index (κ3) is 1.86. The van der Waals surface area contributed by atoms with Gasteiger partial charge in [-0.2, -0.15) is 0 Å². The maximum atomic E-state index is 9.38. The summed E-state index contributed by atoms with van der Waals surface area (Å²) in [6, 6.07) is 14.1. The van der Waals surface area contributed by atoms with E-state index in [0.29, 0.717) is 0 Å². The van der Waals surface area contributed by atoms with Crippen molar-refractivity contribution in [3.8, 4) is 22.6 Å². The van der Waals surface area contributed by atoms with Crippen LogP contribution in [0.15, 0.2) is 54.7 Å². The first-order valence-corrected chi connectivity index (χ1v) is 5.60. The van der Waals surface area contributed by atoms with Crippen molar-refractivity contribution in [1.82, 2.24) is 4.98 Å². The third-order valence-electron chi connectivity index (χ3n) is 2.87. The van der Waals surface area contributed by atoms with Crippen LogP contribution >= 0.6 is 0 Å². The summed E-state index contributed by atoms with van der Waals surface area (Å²) in [6.07, 6.45) is 1.76. The maximum absolute atomic E-state index is 9.38. The average Bonchev–Trinajstić information content (AvgIpc) is 2.39. The molecule has 3 heteroatoms. The number of nitrogens with zero attached hydrogens (tertiary/aromatic N) is 1. The molecule has 0 saturated carbocycles. The Morgan fingerprint density at radius 3 is 2.22 bits per heavy atom. The SMILES string of the molecule is Oc1ccc(-c2cnc3cc(O)ccc3c2)cc1. The second-order valence-electron chi connectivity index (χ2n) is 4.15. The molecule has 2 aromatic carbocycles. The monoisotopic (exact) mass is 237 g/mol.